The molecule has 1 unspecified atom stereocenters. The number of rotatable bonds is 13. The van der Waals surface area contributed by atoms with E-state index in [0.29, 0.717) is 11.1 Å². The number of alkyl halides is 3. The minimum atomic E-state index is -4.75. The van der Waals surface area contributed by atoms with Gasteiger partial charge in [-0.05, 0) is 61.9 Å². The smallest absolute Gasteiger partial charge is 0.435 e. The van der Waals surface area contributed by atoms with Crippen molar-refractivity contribution in [2.45, 2.75) is 43.6 Å². The van der Waals surface area contributed by atoms with E-state index in [1.54, 1.807) is 71.5 Å². The molecule has 1 N–H and O–H groups in total. The van der Waals surface area contributed by atoms with Crippen molar-refractivity contribution in [1.29, 1.82) is 0 Å². The second kappa shape index (κ2) is 16.1. The number of likely N-dealkylation sites (N-methyl/N-ethyl adjacent to an activating group) is 1. The molecule has 19 heteroatoms. The Morgan fingerprint density at radius 2 is 1.54 bits per heavy atom. The van der Waals surface area contributed by atoms with E-state index in [2.05, 4.69) is 10.4 Å². The highest BCUT2D eigenvalue weighted by molar-refractivity contribution is 7.90. The molecule has 0 fully saturated rings. The minimum Gasteiger partial charge on any atom is -0.569 e. The van der Waals surface area contributed by atoms with E-state index in [4.69, 9.17) is 9.57 Å². The number of hydrazine groups is 1. The van der Waals surface area contributed by atoms with Crippen LogP contribution in [0.15, 0.2) is 119 Å². The summed E-state index contributed by atoms with van der Waals surface area (Å²) in [7, 11) is -3.25. The van der Waals surface area contributed by atoms with E-state index in [9.17, 15) is 41.2 Å². The van der Waals surface area contributed by atoms with E-state index in [1.165, 1.54) is 38.2 Å². The van der Waals surface area contributed by atoms with Crippen LogP contribution in [0.25, 0.3) is 16.9 Å². The zero-order valence-electron chi connectivity index (χ0n) is 30.5. The molecule has 0 bridgehead atoms. The quantitative estimate of drug-likeness (QED) is 0.0617. The van der Waals surface area contributed by atoms with Gasteiger partial charge in [-0.2, -0.15) is 18.3 Å². The maximum absolute atomic E-state index is 13.6. The molecule has 15 nitrogen and oxygen atoms in total. The third-order valence-corrected chi connectivity index (χ3v) is 10.3. The first-order valence-corrected chi connectivity index (χ1v) is 18.6. The van der Waals surface area contributed by atoms with E-state index < -0.39 is 63.6 Å². The second-order valence-electron chi connectivity index (χ2n) is 12.9. The van der Waals surface area contributed by atoms with Gasteiger partial charge in [-0.1, -0.05) is 72.3 Å². The Labute approximate surface area is 324 Å². The van der Waals surface area contributed by atoms with Gasteiger partial charge in [0.1, 0.15) is 12.6 Å². The molecule has 0 spiro atoms. The highest BCUT2D eigenvalue weighted by atomic mass is 32.2. The molecule has 4 aromatic carbocycles. The summed E-state index contributed by atoms with van der Waals surface area (Å²) in [6.45, 7) is 2.65. The maximum Gasteiger partial charge on any atom is 0.435 e. The molecule has 1 aliphatic rings. The zero-order chi connectivity index (χ0) is 41.1. The van der Waals surface area contributed by atoms with Crippen molar-refractivity contribution >= 4 is 27.9 Å². The number of sulfonamides is 1. The number of halogens is 3. The molecule has 296 valence electrons. The molecule has 3 amide bonds. The van der Waals surface area contributed by atoms with Gasteiger partial charge in [0.2, 0.25) is 11.5 Å². The molecule has 0 saturated carbocycles. The summed E-state index contributed by atoms with van der Waals surface area (Å²) < 4.78 is 75.3. The SMILES string of the molecule is Cc1ccc(-c2cc(C(F)(F)F)nn2-c2ccc(S(=O)(=O)NC(=O)OC[C@H](Cc3ccccc3)N(C)[N+]([O-])=NOC(C)N3C(=O)c4ccccc4C3=O)cc2)cc1. The van der Waals surface area contributed by atoms with E-state index in [-0.39, 0.29) is 33.9 Å². The lowest BCUT2D eigenvalue weighted by molar-refractivity contribution is -0.714. The molecule has 5 aromatic rings. The lowest BCUT2D eigenvalue weighted by Gasteiger charge is -2.24. The number of nitrogens with one attached hydrogen (secondary N) is 1. The summed E-state index contributed by atoms with van der Waals surface area (Å²) in [5.74, 6) is -1.25. The normalized spacial score (nSPS) is 14.2. The van der Waals surface area contributed by atoms with Crippen molar-refractivity contribution in [3.63, 3.8) is 0 Å². The molecule has 1 aliphatic heterocycles. The first-order valence-electron chi connectivity index (χ1n) is 17.2. The monoisotopic (exact) mass is 805 g/mol. The van der Waals surface area contributed by atoms with Gasteiger partial charge in [-0.3, -0.25) is 9.59 Å². The Balaban J connectivity index is 1.13. The summed E-state index contributed by atoms with van der Waals surface area (Å²) in [5, 5.41) is 21.3. The van der Waals surface area contributed by atoms with Crippen molar-refractivity contribution in [3.05, 3.63) is 142 Å². The summed E-state index contributed by atoms with van der Waals surface area (Å²) >= 11 is 0. The van der Waals surface area contributed by atoms with Gasteiger partial charge in [-0.15, -0.1) is 5.01 Å². The third-order valence-electron chi connectivity index (χ3n) is 8.93. The van der Waals surface area contributed by atoms with Crippen LogP contribution >= 0.6 is 0 Å². The van der Waals surface area contributed by atoms with Crippen LogP contribution in [0.2, 0.25) is 0 Å². The second-order valence-corrected chi connectivity index (χ2v) is 14.6. The Kier molecular flexibility index (Phi) is 11.3. The van der Waals surface area contributed by atoms with Crippen LogP contribution in [0.4, 0.5) is 18.0 Å². The fourth-order valence-corrected chi connectivity index (χ4v) is 6.75. The highest BCUT2D eigenvalue weighted by Crippen LogP contribution is 2.33. The van der Waals surface area contributed by atoms with Crippen LogP contribution in [-0.4, -0.2) is 76.9 Å². The third kappa shape index (κ3) is 8.88. The molecule has 57 heavy (non-hydrogen) atoms. The van der Waals surface area contributed by atoms with Gasteiger partial charge in [0, 0.05) is 12.0 Å². The van der Waals surface area contributed by atoms with Gasteiger partial charge < -0.3 is 14.8 Å². The van der Waals surface area contributed by atoms with E-state index in [0.717, 1.165) is 38.4 Å². The van der Waals surface area contributed by atoms with Crippen LogP contribution < -0.4 is 4.72 Å². The van der Waals surface area contributed by atoms with Crippen molar-refractivity contribution in [3.8, 4) is 16.9 Å². The Morgan fingerprint density at radius 3 is 2.14 bits per heavy atom. The number of hydrogen-bond donors (Lipinski definition) is 1. The molecule has 6 rings (SSSR count). The van der Waals surface area contributed by atoms with Gasteiger partial charge in [0.15, 0.2) is 5.69 Å². The molecule has 1 aromatic heterocycles. The van der Waals surface area contributed by atoms with Crippen LogP contribution in [0.5, 0.6) is 0 Å². The standard InChI is InChI=1S/C38H34F3N7O8S/c1-24-13-15-27(16-14-24)33-22-34(38(39,40)41)42-47(33)28-17-19-30(20-18-28)57(53,54)43-37(51)55-23-29(21-26-9-5-4-6-10-26)45(3)48(52)44-56-25(2)46-35(49)31-11-7-8-12-32(31)36(46)50/h4-20,22,25,29H,21,23H2,1-3H3,(H,43,51)/t25?,29-/m0/s1. The first-order chi connectivity index (χ1) is 27.0. The zero-order valence-corrected chi connectivity index (χ0v) is 31.3. The summed E-state index contributed by atoms with van der Waals surface area (Å²) in [4.78, 5) is 44.1. The van der Waals surface area contributed by atoms with Crippen LogP contribution in [-0.2, 0) is 32.2 Å². The van der Waals surface area contributed by atoms with Crippen molar-refractivity contribution in [1.82, 2.24) is 24.4 Å². The molecule has 0 aliphatic carbocycles. The fourth-order valence-electron chi connectivity index (χ4n) is 5.86. The van der Waals surface area contributed by atoms with Crippen LogP contribution in [0.1, 0.15) is 44.5 Å². The molecule has 2 heterocycles. The summed E-state index contributed by atoms with van der Waals surface area (Å²) in [6, 6.07) is 26.3. The molecule has 2 atom stereocenters. The first kappa shape index (κ1) is 39.9. The van der Waals surface area contributed by atoms with Crippen molar-refractivity contribution in [2.24, 2.45) is 5.28 Å². The van der Waals surface area contributed by atoms with Crippen molar-refractivity contribution < 1.29 is 50.5 Å². The number of ether oxygens (including phenoxy) is 1. The summed E-state index contributed by atoms with van der Waals surface area (Å²) in [5.41, 5.74) is 1.48. The van der Waals surface area contributed by atoms with Crippen molar-refractivity contribution in [2.75, 3.05) is 13.7 Å². The van der Waals surface area contributed by atoms with Crippen LogP contribution in [0.3, 0.4) is 0 Å². The van der Waals surface area contributed by atoms with Crippen LogP contribution in [0, 0.1) is 12.1 Å². The van der Waals surface area contributed by atoms with Gasteiger partial charge in [0.05, 0.1) is 39.4 Å². The number of nitrogens with zero attached hydrogens (tertiary/aromatic N) is 6. The Hall–Kier alpha value is -6.76. The number of hydrogen-bond acceptors (Lipinski definition) is 10. The number of aromatic nitrogens is 2. The van der Waals surface area contributed by atoms with Gasteiger partial charge in [-0.25, -0.2) is 27.5 Å². The number of benzene rings is 4. The number of imide groups is 1. The summed E-state index contributed by atoms with van der Waals surface area (Å²) in [6.07, 6.45) is -7.30. The fraction of sp³-hybridized carbons (Fsp3) is 0.211. The number of amides is 3. The van der Waals surface area contributed by atoms with Gasteiger partial charge in [0.25, 0.3) is 21.8 Å². The number of fused-ring (bicyclic) bond motifs is 1. The molecular formula is C38H34F3N7O8S. The lowest BCUT2D eigenvalue weighted by Crippen LogP contribution is -2.44. The Morgan fingerprint density at radius 1 is 0.947 bits per heavy atom. The number of carbonyl (C=O) groups excluding carboxylic acids is 3. The lowest BCUT2D eigenvalue weighted by atomic mass is 10.1. The predicted octanol–water partition coefficient (Wildman–Crippen LogP) is 6.28. The number of aryl methyl sites for hydroxylation is 1. The van der Waals surface area contributed by atoms with E-state index in [1.807, 2.05) is 6.92 Å². The minimum absolute atomic E-state index is 0.0311. The highest BCUT2D eigenvalue weighted by Gasteiger charge is 2.40. The molecule has 0 radical (unpaired) electrons. The molecule has 0 saturated heterocycles. The average Bonchev–Trinajstić information content (AvgIpc) is 3.75. The van der Waals surface area contributed by atoms with Gasteiger partial charge >= 0.3 is 12.3 Å². The average molecular weight is 806 g/mol. The Bertz CT molecular complexity index is 2390. The molecular weight excluding hydrogens is 772 g/mol. The maximum atomic E-state index is 13.6. The topological polar surface area (TPSA) is 179 Å². The number of carbonyl (C=O) groups is 3. The largest absolute Gasteiger partial charge is 0.569 e. The van der Waals surface area contributed by atoms with E-state index >= 15 is 0 Å². The predicted molar refractivity (Wildman–Crippen MR) is 196 cm³/mol.